The van der Waals surface area contributed by atoms with Gasteiger partial charge in [-0.25, -0.2) is 0 Å². The molecule has 1 rings (SSSR count). The summed E-state index contributed by atoms with van der Waals surface area (Å²) in [6, 6.07) is 5.88. The highest BCUT2D eigenvalue weighted by atomic mass is 35.5. The summed E-state index contributed by atoms with van der Waals surface area (Å²) in [7, 11) is 0. The molecule has 0 aromatic heterocycles. The maximum absolute atomic E-state index is 10.6. The molecule has 0 radical (unpaired) electrons. The Hall–Kier alpha value is -1.10. The van der Waals surface area contributed by atoms with Gasteiger partial charge in [-0.3, -0.25) is 4.79 Å². The summed E-state index contributed by atoms with van der Waals surface area (Å²) in [6.07, 6.45) is 0.144. The highest BCUT2D eigenvalue weighted by Crippen LogP contribution is 2.16. The lowest BCUT2D eigenvalue weighted by atomic mass is 10.1. The van der Waals surface area contributed by atoms with Crippen molar-refractivity contribution in [2.75, 3.05) is 0 Å². The number of hydrogen-bond donors (Lipinski definition) is 3. The molecule has 0 spiro atoms. The van der Waals surface area contributed by atoms with Gasteiger partial charge in [-0.15, -0.1) is 0 Å². The normalized spacial score (nSPS) is 12.4. The van der Waals surface area contributed by atoms with E-state index in [4.69, 9.17) is 21.9 Å². The molecule has 1 atom stereocenters. The molecule has 1 unspecified atom stereocenters. The van der Waals surface area contributed by atoms with Crippen molar-refractivity contribution < 1.29 is 15.1 Å². The predicted octanol–water partition coefficient (Wildman–Crippen LogP) is 1.31. The molecule has 0 saturated carbocycles. The summed E-state index contributed by atoms with van der Waals surface area (Å²) in [6.45, 7) is 0. The predicted molar refractivity (Wildman–Crippen MR) is 51.5 cm³/mol. The van der Waals surface area contributed by atoms with Crippen molar-refractivity contribution in [3.8, 4) is 0 Å². The van der Waals surface area contributed by atoms with Crippen LogP contribution >= 0.6 is 11.6 Å². The van der Waals surface area contributed by atoms with Crippen LogP contribution < -0.4 is 5.48 Å². The van der Waals surface area contributed by atoms with Gasteiger partial charge in [0.1, 0.15) is 6.04 Å². The Morgan fingerprint density at radius 1 is 1.50 bits per heavy atom. The number of carboxylic acid groups (broad SMARTS) is 1. The molecule has 0 aliphatic carbocycles. The molecule has 1 aromatic rings. The molecule has 0 saturated heterocycles. The van der Waals surface area contributed by atoms with Crippen molar-refractivity contribution in [3.63, 3.8) is 0 Å². The number of rotatable bonds is 4. The van der Waals surface area contributed by atoms with E-state index < -0.39 is 12.0 Å². The molecule has 0 fully saturated rings. The Morgan fingerprint density at radius 3 is 2.64 bits per heavy atom. The van der Waals surface area contributed by atoms with Crippen molar-refractivity contribution in [2.24, 2.45) is 0 Å². The molecule has 0 amide bonds. The molecule has 76 valence electrons. The molecule has 0 heterocycles. The number of carboxylic acids is 1. The first-order chi connectivity index (χ1) is 6.65. The minimum absolute atomic E-state index is 0.144. The lowest BCUT2D eigenvalue weighted by Crippen LogP contribution is -2.36. The molecule has 0 bridgehead atoms. The van der Waals surface area contributed by atoms with Gasteiger partial charge in [0, 0.05) is 11.4 Å². The van der Waals surface area contributed by atoms with Crippen molar-refractivity contribution in [3.05, 3.63) is 34.9 Å². The van der Waals surface area contributed by atoms with Crippen LogP contribution in [0.25, 0.3) is 0 Å². The molecular formula is C9H10ClNO3. The van der Waals surface area contributed by atoms with Gasteiger partial charge in [0.15, 0.2) is 0 Å². The molecule has 4 nitrogen and oxygen atoms in total. The smallest absolute Gasteiger partial charge is 0.323 e. The van der Waals surface area contributed by atoms with Gasteiger partial charge in [-0.05, 0) is 11.6 Å². The van der Waals surface area contributed by atoms with E-state index in [1.165, 1.54) is 0 Å². The van der Waals surface area contributed by atoms with Crippen molar-refractivity contribution >= 4 is 17.6 Å². The average molecular weight is 216 g/mol. The van der Waals surface area contributed by atoms with Crippen LogP contribution in [0.1, 0.15) is 5.56 Å². The maximum Gasteiger partial charge on any atom is 0.323 e. The SMILES string of the molecule is O=C(O)C(Cc1ccccc1Cl)NO. The summed E-state index contributed by atoms with van der Waals surface area (Å²) < 4.78 is 0. The number of hydrogen-bond acceptors (Lipinski definition) is 3. The summed E-state index contributed by atoms with van der Waals surface area (Å²) in [5.41, 5.74) is 2.40. The highest BCUT2D eigenvalue weighted by molar-refractivity contribution is 6.31. The van der Waals surface area contributed by atoms with Crippen LogP contribution in [-0.4, -0.2) is 22.3 Å². The fraction of sp³-hybridized carbons (Fsp3) is 0.222. The van der Waals surface area contributed by atoms with E-state index in [2.05, 4.69) is 0 Å². The van der Waals surface area contributed by atoms with E-state index in [9.17, 15) is 4.79 Å². The monoisotopic (exact) mass is 215 g/mol. The number of halogens is 1. The zero-order chi connectivity index (χ0) is 10.6. The molecule has 1 aromatic carbocycles. The lowest BCUT2D eigenvalue weighted by molar-refractivity contribution is -0.142. The van der Waals surface area contributed by atoms with Gasteiger partial charge in [-0.1, -0.05) is 29.8 Å². The second-order valence-corrected chi connectivity index (χ2v) is 3.22. The molecule has 0 aliphatic rings. The van der Waals surface area contributed by atoms with Gasteiger partial charge in [-0.2, -0.15) is 5.48 Å². The second kappa shape index (κ2) is 4.95. The molecule has 0 aliphatic heterocycles. The second-order valence-electron chi connectivity index (χ2n) is 2.82. The third kappa shape index (κ3) is 2.70. The third-order valence-corrected chi connectivity index (χ3v) is 2.20. The number of nitrogens with one attached hydrogen (secondary N) is 1. The van der Waals surface area contributed by atoms with Crippen LogP contribution in [0, 0.1) is 0 Å². The number of carbonyl (C=O) groups is 1. The number of benzene rings is 1. The Morgan fingerprint density at radius 2 is 2.14 bits per heavy atom. The Bertz CT molecular complexity index is 330. The van der Waals surface area contributed by atoms with Crippen LogP contribution in [0.4, 0.5) is 0 Å². The summed E-state index contributed by atoms with van der Waals surface area (Å²) in [5.74, 6) is -1.12. The quantitative estimate of drug-likeness (QED) is 0.663. The molecule has 3 N–H and O–H groups in total. The molecule has 14 heavy (non-hydrogen) atoms. The summed E-state index contributed by atoms with van der Waals surface area (Å²) in [5, 5.41) is 17.7. The lowest BCUT2D eigenvalue weighted by Gasteiger charge is -2.10. The summed E-state index contributed by atoms with van der Waals surface area (Å²) >= 11 is 5.83. The van der Waals surface area contributed by atoms with E-state index in [0.717, 1.165) is 0 Å². The van der Waals surface area contributed by atoms with Crippen molar-refractivity contribution in [1.29, 1.82) is 0 Å². The van der Waals surface area contributed by atoms with E-state index in [-0.39, 0.29) is 6.42 Å². The van der Waals surface area contributed by atoms with Crippen LogP contribution in [0.15, 0.2) is 24.3 Å². The van der Waals surface area contributed by atoms with Gasteiger partial charge < -0.3 is 10.3 Å². The summed E-state index contributed by atoms with van der Waals surface area (Å²) in [4.78, 5) is 10.6. The fourth-order valence-corrected chi connectivity index (χ4v) is 1.28. The highest BCUT2D eigenvalue weighted by Gasteiger charge is 2.17. The van der Waals surface area contributed by atoms with Gasteiger partial charge in [0.25, 0.3) is 0 Å². The average Bonchev–Trinajstić information content (AvgIpc) is 2.16. The van der Waals surface area contributed by atoms with Crippen LogP contribution in [-0.2, 0) is 11.2 Å². The minimum Gasteiger partial charge on any atom is -0.480 e. The van der Waals surface area contributed by atoms with E-state index in [0.29, 0.717) is 10.6 Å². The Balaban J connectivity index is 2.77. The first kappa shape index (κ1) is 11.0. The zero-order valence-corrected chi connectivity index (χ0v) is 8.03. The third-order valence-electron chi connectivity index (χ3n) is 1.84. The zero-order valence-electron chi connectivity index (χ0n) is 7.27. The first-order valence-corrected chi connectivity index (χ1v) is 4.38. The molecule has 5 heteroatoms. The number of aliphatic carboxylic acids is 1. The van der Waals surface area contributed by atoms with Gasteiger partial charge in [0.05, 0.1) is 0 Å². The van der Waals surface area contributed by atoms with Gasteiger partial charge in [0.2, 0.25) is 0 Å². The first-order valence-electron chi connectivity index (χ1n) is 4.01. The minimum atomic E-state index is -1.12. The maximum atomic E-state index is 10.6. The standard InChI is InChI=1S/C9H10ClNO3/c10-7-4-2-1-3-6(7)5-8(11-14)9(12)13/h1-4,8,11,14H,5H2,(H,12,13). The van der Waals surface area contributed by atoms with Gasteiger partial charge >= 0.3 is 5.97 Å². The van der Waals surface area contributed by atoms with E-state index in [1.807, 2.05) is 0 Å². The molecular weight excluding hydrogens is 206 g/mol. The number of hydroxylamine groups is 1. The Kier molecular flexibility index (Phi) is 3.88. The fourth-order valence-electron chi connectivity index (χ4n) is 1.07. The van der Waals surface area contributed by atoms with Crippen LogP contribution in [0.3, 0.4) is 0 Å². The Labute approximate surface area is 86.1 Å². The topological polar surface area (TPSA) is 69.6 Å². The van der Waals surface area contributed by atoms with Crippen molar-refractivity contribution in [2.45, 2.75) is 12.5 Å². The van der Waals surface area contributed by atoms with E-state index >= 15 is 0 Å². The van der Waals surface area contributed by atoms with Crippen LogP contribution in [0.2, 0.25) is 5.02 Å². The van der Waals surface area contributed by atoms with E-state index in [1.54, 1.807) is 29.7 Å². The van der Waals surface area contributed by atoms with Crippen LogP contribution in [0.5, 0.6) is 0 Å². The van der Waals surface area contributed by atoms with Crippen molar-refractivity contribution in [1.82, 2.24) is 5.48 Å². The largest absolute Gasteiger partial charge is 0.480 e.